The molecule has 84 valence electrons. The molecule has 1 rings (SSSR count). The van der Waals surface area contributed by atoms with Crippen LogP contribution in [0.5, 0.6) is 0 Å². The molecule has 0 aromatic carbocycles. The first-order chi connectivity index (χ1) is 6.81. The van der Waals surface area contributed by atoms with Gasteiger partial charge in [-0.15, -0.1) is 10.2 Å². The summed E-state index contributed by atoms with van der Waals surface area (Å²) in [5.41, 5.74) is 1.09. The van der Waals surface area contributed by atoms with Crippen LogP contribution in [0.25, 0.3) is 0 Å². The van der Waals surface area contributed by atoms with Crippen molar-refractivity contribution in [3.05, 3.63) is 16.3 Å². The summed E-state index contributed by atoms with van der Waals surface area (Å²) in [5, 5.41) is 20.8. The van der Waals surface area contributed by atoms with Gasteiger partial charge in [-0.2, -0.15) is 0 Å². The summed E-state index contributed by atoms with van der Waals surface area (Å²) in [7, 11) is 0. The van der Waals surface area contributed by atoms with Gasteiger partial charge in [-0.05, 0) is 38.8 Å². The van der Waals surface area contributed by atoms with Gasteiger partial charge in [0.2, 0.25) is 0 Å². The molecule has 5 heteroatoms. The largest absolute Gasteiger partial charge is 0.389 e. The van der Waals surface area contributed by atoms with E-state index in [0.29, 0.717) is 17.5 Å². The molecule has 4 nitrogen and oxygen atoms in total. The monoisotopic (exact) mass is 229 g/mol. The van der Waals surface area contributed by atoms with Crippen molar-refractivity contribution in [1.82, 2.24) is 10.2 Å². The third-order valence-electron chi connectivity index (χ3n) is 2.15. The number of halogens is 1. The molecular formula is C10H16ClN3O. The smallest absolute Gasteiger partial charge is 0.155 e. The second-order valence-corrected chi connectivity index (χ2v) is 4.61. The van der Waals surface area contributed by atoms with Crippen LogP contribution in [0.15, 0.2) is 0 Å². The standard InChI is InChI=1S/C10H16ClN3O/c1-6-7(2)9(14-13-8(6)11)12-5-10(3,4)15/h15H,5H2,1-4H3,(H,12,14). The quantitative estimate of drug-likeness (QED) is 0.832. The predicted molar refractivity (Wildman–Crippen MR) is 61.3 cm³/mol. The molecule has 0 saturated heterocycles. The van der Waals surface area contributed by atoms with Crippen molar-refractivity contribution in [2.75, 3.05) is 11.9 Å². The van der Waals surface area contributed by atoms with Gasteiger partial charge < -0.3 is 10.4 Å². The van der Waals surface area contributed by atoms with Crippen LogP contribution in [0.3, 0.4) is 0 Å². The molecule has 0 atom stereocenters. The van der Waals surface area contributed by atoms with Crippen LogP contribution in [0, 0.1) is 13.8 Å². The highest BCUT2D eigenvalue weighted by Gasteiger charge is 2.14. The average molecular weight is 230 g/mol. The zero-order valence-electron chi connectivity index (χ0n) is 9.43. The maximum absolute atomic E-state index is 9.56. The highest BCUT2D eigenvalue weighted by molar-refractivity contribution is 6.30. The molecule has 0 amide bonds. The van der Waals surface area contributed by atoms with E-state index in [1.54, 1.807) is 13.8 Å². The van der Waals surface area contributed by atoms with E-state index in [4.69, 9.17) is 11.6 Å². The van der Waals surface area contributed by atoms with Crippen molar-refractivity contribution in [2.45, 2.75) is 33.3 Å². The zero-order chi connectivity index (χ0) is 11.6. The Hall–Kier alpha value is -0.870. The lowest BCUT2D eigenvalue weighted by molar-refractivity contribution is 0.0944. The van der Waals surface area contributed by atoms with E-state index in [1.165, 1.54) is 0 Å². The number of nitrogens with zero attached hydrogens (tertiary/aromatic N) is 2. The first-order valence-corrected chi connectivity index (χ1v) is 5.14. The Morgan fingerprint density at radius 1 is 1.27 bits per heavy atom. The number of hydrogen-bond acceptors (Lipinski definition) is 4. The summed E-state index contributed by atoms with van der Waals surface area (Å²) in [6.07, 6.45) is 0. The van der Waals surface area contributed by atoms with E-state index < -0.39 is 5.60 Å². The van der Waals surface area contributed by atoms with Crippen molar-refractivity contribution in [3.8, 4) is 0 Å². The van der Waals surface area contributed by atoms with Gasteiger partial charge in [-0.3, -0.25) is 0 Å². The maximum atomic E-state index is 9.56. The SMILES string of the molecule is Cc1c(Cl)nnc(NCC(C)(C)O)c1C. The number of nitrogens with one attached hydrogen (secondary N) is 1. The second-order valence-electron chi connectivity index (χ2n) is 4.26. The Morgan fingerprint density at radius 3 is 2.40 bits per heavy atom. The molecule has 1 heterocycles. The molecule has 1 aromatic heterocycles. The van der Waals surface area contributed by atoms with Gasteiger partial charge in [-0.25, -0.2) is 0 Å². The van der Waals surface area contributed by atoms with Crippen molar-refractivity contribution >= 4 is 17.4 Å². The molecule has 0 aliphatic carbocycles. The lowest BCUT2D eigenvalue weighted by Crippen LogP contribution is -2.30. The lowest BCUT2D eigenvalue weighted by atomic mass is 10.1. The summed E-state index contributed by atoms with van der Waals surface area (Å²) in [6, 6.07) is 0. The minimum absolute atomic E-state index is 0.418. The van der Waals surface area contributed by atoms with Crippen LogP contribution in [-0.2, 0) is 0 Å². The summed E-state index contributed by atoms with van der Waals surface area (Å²) < 4.78 is 0. The molecule has 2 N–H and O–H groups in total. The summed E-state index contributed by atoms with van der Waals surface area (Å²) in [6.45, 7) is 7.69. The van der Waals surface area contributed by atoms with Crippen LogP contribution in [0.2, 0.25) is 5.15 Å². The maximum Gasteiger partial charge on any atom is 0.155 e. The Morgan fingerprint density at radius 2 is 1.87 bits per heavy atom. The number of aromatic nitrogens is 2. The van der Waals surface area contributed by atoms with Gasteiger partial charge in [0, 0.05) is 6.54 Å². The minimum atomic E-state index is -0.776. The Kier molecular flexibility index (Phi) is 3.52. The Balaban J connectivity index is 2.83. The molecule has 0 radical (unpaired) electrons. The third-order valence-corrected chi connectivity index (χ3v) is 2.51. The van der Waals surface area contributed by atoms with E-state index in [-0.39, 0.29) is 0 Å². The first kappa shape index (κ1) is 12.2. The molecule has 0 aliphatic heterocycles. The summed E-state index contributed by atoms with van der Waals surface area (Å²) in [5.74, 6) is 0.666. The van der Waals surface area contributed by atoms with Gasteiger partial charge in [-0.1, -0.05) is 11.6 Å². The fraction of sp³-hybridized carbons (Fsp3) is 0.600. The van der Waals surface area contributed by atoms with Crippen LogP contribution >= 0.6 is 11.6 Å². The molecule has 0 fully saturated rings. The molecule has 15 heavy (non-hydrogen) atoms. The minimum Gasteiger partial charge on any atom is -0.389 e. The van der Waals surface area contributed by atoms with E-state index >= 15 is 0 Å². The fourth-order valence-corrected chi connectivity index (χ4v) is 1.22. The van der Waals surface area contributed by atoms with Crippen LogP contribution in [0.4, 0.5) is 5.82 Å². The second kappa shape index (κ2) is 4.33. The van der Waals surface area contributed by atoms with Gasteiger partial charge >= 0.3 is 0 Å². The molecular weight excluding hydrogens is 214 g/mol. The summed E-state index contributed by atoms with van der Waals surface area (Å²) >= 11 is 5.83. The Labute approximate surface area is 94.7 Å². The molecule has 0 unspecified atom stereocenters. The first-order valence-electron chi connectivity index (χ1n) is 4.77. The molecule has 0 bridgehead atoms. The summed E-state index contributed by atoms with van der Waals surface area (Å²) in [4.78, 5) is 0. The zero-order valence-corrected chi connectivity index (χ0v) is 10.2. The van der Waals surface area contributed by atoms with E-state index in [9.17, 15) is 5.11 Å². The van der Waals surface area contributed by atoms with Crippen molar-refractivity contribution in [2.24, 2.45) is 0 Å². The number of aliphatic hydroxyl groups is 1. The van der Waals surface area contributed by atoms with Gasteiger partial charge in [0.05, 0.1) is 5.60 Å². The number of rotatable bonds is 3. The van der Waals surface area contributed by atoms with Crippen LogP contribution in [-0.4, -0.2) is 27.4 Å². The molecule has 0 aliphatic rings. The van der Waals surface area contributed by atoms with E-state index in [1.807, 2.05) is 13.8 Å². The average Bonchev–Trinajstić information content (AvgIpc) is 2.12. The molecule has 0 saturated carbocycles. The van der Waals surface area contributed by atoms with E-state index in [0.717, 1.165) is 11.1 Å². The highest BCUT2D eigenvalue weighted by Crippen LogP contribution is 2.20. The number of hydrogen-bond donors (Lipinski definition) is 2. The van der Waals surface area contributed by atoms with Crippen LogP contribution < -0.4 is 5.32 Å². The fourth-order valence-electron chi connectivity index (χ4n) is 1.04. The van der Waals surface area contributed by atoms with Crippen molar-refractivity contribution < 1.29 is 5.11 Å². The van der Waals surface area contributed by atoms with Crippen LogP contribution in [0.1, 0.15) is 25.0 Å². The van der Waals surface area contributed by atoms with Gasteiger partial charge in [0.25, 0.3) is 0 Å². The topological polar surface area (TPSA) is 58.0 Å². The van der Waals surface area contributed by atoms with Gasteiger partial charge in [0.15, 0.2) is 11.0 Å². The molecule has 1 aromatic rings. The third kappa shape index (κ3) is 3.32. The Bertz CT molecular complexity index is 360. The van der Waals surface area contributed by atoms with Gasteiger partial charge in [0.1, 0.15) is 0 Å². The normalized spacial score (nSPS) is 11.6. The van der Waals surface area contributed by atoms with Crippen molar-refractivity contribution in [3.63, 3.8) is 0 Å². The molecule has 0 spiro atoms. The number of anilines is 1. The predicted octanol–water partition coefficient (Wildman–Crippen LogP) is 1.93. The highest BCUT2D eigenvalue weighted by atomic mass is 35.5. The lowest BCUT2D eigenvalue weighted by Gasteiger charge is -2.19. The van der Waals surface area contributed by atoms with E-state index in [2.05, 4.69) is 15.5 Å². The van der Waals surface area contributed by atoms with Crippen molar-refractivity contribution in [1.29, 1.82) is 0 Å².